The van der Waals surface area contributed by atoms with E-state index in [1.165, 1.54) is 9.80 Å². The van der Waals surface area contributed by atoms with Crippen LogP contribution in [-0.4, -0.2) is 117 Å². The van der Waals surface area contributed by atoms with Crippen molar-refractivity contribution in [3.8, 4) is 11.4 Å². The Morgan fingerprint density at radius 3 is 2.42 bits per heavy atom. The van der Waals surface area contributed by atoms with Gasteiger partial charge < -0.3 is 30.1 Å². The second kappa shape index (κ2) is 15.4. The molecule has 43 heavy (non-hydrogen) atoms. The predicted octanol–water partition coefficient (Wildman–Crippen LogP) is 1.75. The molecule has 0 bridgehead atoms. The summed E-state index contributed by atoms with van der Waals surface area (Å²) < 4.78 is 5.04. The van der Waals surface area contributed by atoms with Gasteiger partial charge in [-0.25, -0.2) is 14.8 Å². The van der Waals surface area contributed by atoms with Gasteiger partial charge in [-0.1, -0.05) is 36.8 Å². The molecule has 0 radical (unpaired) electrons. The molecule has 4 rings (SSSR count). The lowest BCUT2D eigenvalue weighted by atomic mass is 10.0. The van der Waals surface area contributed by atoms with Crippen LogP contribution in [0.25, 0.3) is 11.4 Å². The maximum atomic E-state index is 13.6. The number of piperazine rings is 1. The second-order valence-electron chi connectivity index (χ2n) is 10.7. The van der Waals surface area contributed by atoms with Crippen molar-refractivity contribution in [3.63, 3.8) is 0 Å². The van der Waals surface area contributed by atoms with E-state index in [4.69, 9.17) is 9.72 Å². The molecule has 3 heterocycles. The molecule has 232 valence electrons. The van der Waals surface area contributed by atoms with Gasteiger partial charge in [-0.2, -0.15) is 0 Å². The zero-order valence-electron chi connectivity index (χ0n) is 24.5. The molecule has 0 aliphatic carbocycles. The Bertz CT molecular complexity index is 1270. The first kappa shape index (κ1) is 31.8. The Morgan fingerprint density at radius 2 is 1.74 bits per heavy atom. The highest BCUT2D eigenvalue weighted by Gasteiger charge is 2.31. The van der Waals surface area contributed by atoms with Crippen LogP contribution in [-0.2, 0) is 20.9 Å². The first-order valence-electron chi connectivity index (χ1n) is 14.8. The van der Waals surface area contributed by atoms with Crippen LogP contribution < -0.4 is 5.32 Å². The number of rotatable bonds is 11. The predicted molar refractivity (Wildman–Crippen MR) is 156 cm³/mol. The molecule has 2 saturated heterocycles. The number of carboxylic acids is 1. The number of likely N-dealkylation sites (tertiary alicyclic amines) is 1. The number of carbonyl (C=O) groups is 4. The summed E-state index contributed by atoms with van der Waals surface area (Å²) in [5, 5.41) is 21.9. The quantitative estimate of drug-likeness (QED) is 0.348. The van der Waals surface area contributed by atoms with Gasteiger partial charge in [0.25, 0.3) is 5.91 Å². The molecule has 1 aromatic heterocycles. The van der Waals surface area contributed by atoms with Crippen molar-refractivity contribution in [2.45, 2.75) is 57.7 Å². The van der Waals surface area contributed by atoms with Crippen LogP contribution in [0.15, 0.2) is 36.4 Å². The van der Waals surface area contributed by atoms with Crippen molar-refractivity contribution in [1.29, 1.82) is 0 Å². The van der Waals surface area contributed by atoms with E-state index in [0.717, 1.165) is 25.8 Å². The number of aromatic nitrogens is 2. The van der Waals surface area contributed by atoms with Crippen molar-refractivity contribution in [3.05, 3.63) is 47.8 Å². The van der Waals surface area contributed by atoms with Gasteiger partial charge in [0.2, 0.25) is 5.91 Å². The third-order valence-electron chi connectivity index (χ3n) is 7.74. The van der Waals surface area contributed by atoms with Crippen molar-refractivity contribution in [2.24, 2.45) is 0 Å². The molecule has 2 aliphatic rings. The van der Waals surface area contributed by atoms with E-state index in [1.807, 2.05) is 30.3 Å². The van der Waals surface area contributed by atoms with Crippen LogP contribution in [0, 0.1) is 0 Å². The average Bonchev–Trinajstić information content (AvgIpc) is 3.03. The summed E-state index contributed by atoms with van der Waals surface area (Å²) in [5.74, 6) is -1.78. The van der Waals surface area contributed by atoms with Gasteiger partial charge in [-0.05, 0) is 38.8 Å². The zero-order chi connectivity index (χ0) is 30.8. The van der Waals surface area contributed by atoms with Crippen LogP contribution in [0.3, 0.4) is 0 Å². The normalized spacial score (nSPS) is 18.1. The SMILES string of the molecule is CCOC(=O)N1CCN(C(=O)C(CCC(=O)O)NC(=O)c2cc(CN3CCCC[C@H]3CO)nc(-c3ccccc3)n2)CC1. The van der Waals surface area contributed by atoms with Crippen molar-refractivity contribution in [2.75, 3.05) is 45.9 Å². The number of nitrogens with one attached hydrogen (secondary N) is 1. The first-order chi connectivity index (χ1) is 20.8. The molecule has 0 saturated carbocycles. The highest BCUT2D eigenvalue weighted by molar-refractivity contribution is 5.96. The summed E-state index contributed by atoms with van der Waals surface area (Å²) in [6.45, 7) is 4.21. The van der Waals surface area contributed by atoms with E-state index in [2.05, 4.69) is 15.2 Å². The monoisotopic (exact) mass is 596 g/mol. The number of piperidine rings is 1. The Balaban J connectivity index is 1.55. The van der Waals surface area contributed by atoms with Gasteiger partial charge in [-0.15, -0.1) is 0 Å². The third kappa shape index (κ3) is 8.71. The number of hydrogen-bond donors (Lipinski definition) is 3. The number of nitrogens with zero attached hydrogens (tertiary/aromatic N) is 5. The summed E-state index contributed by atoms with van der Waals surface area (Å²) in [6, 6.07) is 9.73. The van der Waals surface area contributed by atoms with Crippen molar-refractivity contribution < 1.29 is 34.1 Å². The molecular weight excluding hydrogens is 556 g/mol. The molecule has 2 atom stereocenters. The lowest BCUT2D eigenvalue weighted by Gasteiger charge is -2.36. The number of carbonyl (C=O) groups excluding carboxylic acids is 3. The summed E-state index contributed by atoms with van der Waals surface area (Å²) in [5.41, 5.74) is 1.37. The van der Waals surface area contributed by atoms with Crippen molar-refractivity contribution in [1.82, 2.24) is 30.0 Å². The van der Waals surface area contributed by atoms with E-state index in [1.54, 1.807) is 13.0 Å². The van der Waals surface area contributed by atoms with Gasteiger partial charge in [-0.3, -0.25) is 19.3 Å². The maximum Gasteiger partial charge on any atom is 0.409 e. The number of aliphatic carboxylic acids is 1. The number of ether oxygens (including phenoxy) is 1. The molecule has 13 heteroatoms. The van der Waals surface area contributed by atoms with Crippen LogP contribution >= 0.6 is 0 Å². The standard InChI is InChI=1S/C30H40N6O7/c1-2-43-30(42)35-16-14-34(15-17-35)29(41)24(11-12-26(38)39)33-28(40)25-18-22(19-36-13-7-6-10-23(36)20-37)31-27(32-25)21-8-4-3-5-9-21/h3-5,8-9,18,23-24,37H,2,6-7,10-17,19-20H2,1H3,(H,33,40)(H,38,39)/t23-,24?/m0/s1. The van der Waals surface area contributed by atoms with E-state index in [0.29, 0.717) is 23.6 Å². The fourth-order valence-corrected chi connectivity index (χ4v) is 5.40. The maximum absolute atomic E-state index is 13.6. The molecule has 3 amide bonds. The van der Waals surface area contributed by atoms with Gasteiger partial charge >= 0.3 is 12.1 Å². The minimum atomic E-state index is -1.10. The Hall–Kier alpha value is -4.10. The Kier molecular flexibility index (Phi) is 11.4. The number of amides is 3. The van der Waals surface area contributed by atoms with Crippen LogP contribution in [0.5, 0.6) is 0 Å². The lowest BCUT2D eigenvalue weighted by molar-refractivity contribution is -0.138. The van der Waals surface area contributed by atoms with Gasteiger partial charge in [0, 0.05) is 50.7 Å². The Labute approximate surface area is 250 Å². The molecule has 3 N–H and O–H groups in total. The number of aliphatic hydroxyl groups excluding tert-OH is 1. The minimum absolute atomic E-state index is 0.00323. The molecule has 1 unspecified atom stereocenters. The fraction of sp³-hybridized carbons (Fsp3) is 0.533. The van der Waals surface area contributed by atoms with Crippen molar-refractivity contribution >= 4 is 23.9 Å². The molecule has 2 aliphatic heterocycles. The number of benzene rings is 1. The molecular formula is C30H40N6O7. The molecule has 2 aromatic rings. The molecule has 13 nitrogen and oxygen atoms in total. The topological polar surface area (TPSA) is 166 Å². The van der Waals surface area contributed by atoms with Crippen LogP contribution in [0.1, 0.15) is 55.2 Å². The molecule has 2 fully saturated rings. The van der Waals surface area contributed by atoms with Gasteiger partial charge in [0.05, 0.1) is 18.9 Å². The van der Waals surface area contributed by atoms with E-state index < -0.39 is 29.9 Å². The second-order valence-corrected chi connectivity index (χ2v) is 10.7. The van der Waals surface area contributed by atoms with Crippen LogP contribution in [0.4, 0.5) is 4.79 Å². The summed E-state index contributed by atoms with van der Waals surface area (Å²) in [6.07, 6.45) is 2.05. The Morgan fingerprint density at radius 1 is 1.02 bits per heavy atom. The summed E-state index contributed by atoms with van der Waals surface area (Å²) >= 11 is 0. The third-order valence-corrected chi connectivity index (χ3v) is 7.74. The summed E-state index contributed by atoms with van der Waals surface area (Å²) in [4.78, 5) is 65.0. The minimum Gasteiger partial charge on any atom is -0.481 e. The smallest absolute Gasteiger partial charge is 0.409 e. The first-order valence-corrected chi connectivity index (χ1v) is 14.8. The van der Waals surface area contributed by atoms with Crippen LogP contribution in [0.2, 0.25) is 0 Å². The zero-order valence-corrected chi connectivity index (χ0v) is 24.5. The van der Waals surface area contributed by atoms with E-state index >= 15 is 0 Å². The van der Waals surface area contributed by atoms with E-state index in [9.17, 15) is 29.4 Å². The summed E-state index contributed by atoms with van der Waals surface area (Å²) in [7, 11) is 0. The average molecular weight is 597 g/mol. The number of carboxylic acid groups (broad SMARTS) is 1. The molecule has 1 aromatic carbocycles. The highest BCUT2D eigenvalue weighted by atomic mass is 16.6. The molecule has 0 spiro atoms. The number of aliphatic hydroxyl groups is 1. The van der Waals surface area contributed by atoms with E-state index in [-0.39, 0.29) is 64.0 Å². The van der Waals surface area contributed by atoms with Gasteiger partial charge in [0.1, 0.15) is 11.7 Å². The van der Waals surface area contributed by atoms with Gasteiger partial charge in [0.15, 0.2) is 5.82 Å². The largest absolute Gasteiger partial charge is 0.481 e. The lowest BCUT2D eigenvalue weighted by Crippen LogP contribution is -2.56. The fourth-order valence-electron chi connectivity index (χ4n) is 5.40. The number of hydrogen-bond acceptors (Lipinski definition) is 9. The highest BCUT2D eigenvalue weighted by Crippen LogP contribution is 2.21.